The number of aromatic nitrogens is 2. The van der Waals surface area contributed by atoms with Crippen LogP contribution in [0.3, 0.4) is 0 Å². The van der Waals surface area contributed by atoms with Crippen LogP contribution < -0.4 is 14.3 Å². The number of ether oxygens (including phenoxy) is 3. The molecule has 3 heterocycles. The molecule has 1 aliphatic heterocycles. The van der Waals surface area contributed by atoms with Crippen molar-refractivity contribution in [3.8, 4) is 11.5 Å². The van der Waals surface area contributed by atoms with Crippen molar-refractivity contribution in [2.45, 2.75) is 20.4 Å². The largest absolute Gasteiger partial charge is 0.465 e. The first kappa shape index (κ1) is 17.3. The normalized spacial score (nSPS) is 13.3. The Morgan fingerprint density at radius 2 is 2.07 bits per heavy atom. The molecule has 3 aromatic rings. The number of fused-ring (bicyclic) bond motifs is 2. The summed E-state index contributed by atoms with van der Waals surface area (Å²) in [5.41, 5.74) is 0.794. The summed E-state index contributed by atoms with van der Waals surface area (Å²) in [4.78, 5) is 28.9. The molecule has 140 valence electrons. The topological polar surface area (TPSA) is 105 Å². The molecular formula is C17H15N3O6S. The van der Waals surface area contributed by atoms with Crippen LogP contribution in [0.5, 0.6) is 11.5 Å². The summed E-state index contributed by atoms with van der Waals surface area (Å²) in [6.45, 7) is 3.74. The molecule has 1 amide bonds. The molecule has 0 aliphatic carbocycles. The number of hydrogen-bond donors (Lipinski definition) is 0. The second-order valence-corrected chi connectivity index (χ2v) is 6.70. The van der Waals surface area contributed by atoms with Crippen LogP contribution in [0.25, 0.3) is 10.2 Å². The molecule has 2 aromatic heterocycles. The van der Waals surface area contributed by atoms with Gasteiger partial charge in [-0.25, -0.2) is 0 Å². The number of nitrogens with zero attached hydrogens (tertiary/aromatic N) is 3. The first-order valence-corrected chi connectivity index (χ1v) is 8.98. The Hall–Kier alpha value is -3.14. The minimum absolute atomic E-state index is 0.0859. The summed E-state index contributed by atoms with van der Waals surface area (Å²) in [5, 5.41) is 3.68. The second-order valence-electron chi connectivity index (χ2n) is 5.69. The number of benzene rings is 1. The van der Waals surface area contributed by atoms with Gasteiger partial charge >= 0.3 is 11.9 Å². The minimum Gasteiger partial charge on any atom is -0.465 e. The van der Waals surface area contributed by atoms with Gasteiger partial charge in [0, 0.05) is 18.2 Å². The van der Waals surface area contributed by atoms with Crippen LogP contribution >= 0.6 is 11.3 Å². The van der Waals surface area contributed by atoms with Crippen molar-refractivity contribution in [3.63, 3.8) is 0 Å². The second kappa shape index (κ2) is 6.88. The Labute approximate surface area is 156 Å². The SMILES string of the molecule is CCOC(=O)Cn1c(=NC(=O)c2cc(C)on2)sc2cc3c(cc21)OCO3. The van der Waals surface area contributed by atoms with Crippen LogP contribution in [0.1, 0.15) is 23.2 Å². The van der Waals surface area contributed by atoms with E-state index in [1.54, 1.807) is 30.5 Å². The average molecular weight is 389 g/mol. The highest BCUT2D eigenvalue weighted by atomic mass is 32.1. The number of rotatable bonds is 4. The van der Waals surface area contributed by atoms with Gasteiger partial charge in [-0.15, -0.1) is 0 Å². The van der Waals surface area contributed by atoms with Crippen LogP contribution in [0, 0.1) is 6.92 Å². The van der Waals surface area contributed by atoms with E-state index in [0.29, 0.717) is 27.6 Å². The molecule has 1 aromatic carbocycles. The van der Waals surface area contributed by atoms with E-state index in [0.717, 1.165) is 4.70 Å². The Kier molecular flexibility index (Phi) is 4.40. The van der Waals surface area contributed by atoms with Crippen molar-refractivity contribution < 1.29 is 28.3 Å². The zero-order valence-electron chi connectivity index (χ0n) is 14.6. The number of aryl methyl sites for hydroxylation is 1. The lowest BCUT2D eigenvalue weighted by molar-refractivity contribution is -0.143. The van der Waals surface area contributed by atoms with Gasteiger partial charge < -0.3 is 23.3 Å². The molecule has 1 aliphatic rings. The van der Waals surface area contributed by atoms with Gasteiger partial charge in [0.2, 0.25) is 6.79 Å². The van der Waals surface area contributed by atoms with E-state index in [1.807, 2.05) is 0 Å². The predicted octanol–water partition coefficient (Wildman–Crippen LogP) is 2.03. The van der Waals surface area contributed by atoms with Gasteiger partial charge in [0.15, 0.2) is 22.0 Å². The van der Waals surface area contributed by atoms with E-state index in [-0.39, 0.29) is 25.6 Å². The average Bonchev–Trinajstić information content (AvgIpc) is 3.33. The lowest BCUT2D eigenvalue weighted by Gasteiger charge is -2.05. The first-order valence-electron chi connectivity index (χ1n) is 8.16. The van der Waals surface area contributed by atoms with Gasteiger partial charge in [-0.1, -0.05) is 16.5 Å². The van der Waals surface area contributed by atoms with Gasteiger partial charge in [-0.3, -0.25) is 9.59 Å². The number of hydrogen-bond acceptors (Lipinski definition) is 8. The van der Waals surface area contributed by atoms with Gasteiger partial charge in [0.05, 0.1) is 16.8 Å². The molecule has 0 unspecified atom stereocenters. The third-order valence-corrected chi connectivity index (χ3v) is 4.86. The molecule has 0 N–H and O–H groups in total. The monoisotopic (exact) mass is 389 g/mol. The summed E-state index contributed by atoms with van der Waals surface area (Å²) in [7, 11) is 0. The third-order valence-electron chi connectivity index (χ3n) is 3.81. The lowest BCUT2D eigenvalue weighted by Crippen LogP contribution is -2.23. The smallest absolute Gasteiger partial charge is 0.326 e. The summed E-state index contributed by atoms with van der Waals surface area (Å²) in [6, 6.07) is 5.07. The molecule has 0 radical (unpaired) electrons. The van der Waals surface area contributed by atoms with Gasteiger partial charge in [-0.2, -0.15) is 4.99 Å². The maximum absolute atomic E-state index is 12.4. The molecule has 0 bridgehead atoms. The summed E-state index contributed by atoms with van der Waals surface area (Å²) >= 11 is 1.25. The highest BCUT2D eigenvalue weighted by Gasteiger charge is 2.20. The molecule has 9 nitrogen and oxygen atoms in total. The Balaban J connectivity index is 1.84. The fraction of sp³-hybridized carbons (Fsp3) is 0.294. The van der Waals surface area contributed by atoms with E-state index in [2.05, 4.69) is 10.1 Å². The molecule has 0 saturated heterocycles. The number of esters is 1. The molecule has 4 rings (SSSR count). The Morgan fingerprint density at radius 3 is 2.78 bits per heavy atom. The molecule has 0 atom stereocenters. The molecular weight excluding hydrogens is 374 g/mol. The number of thiazole rings is 1. The summed E-state index contributed by atoms with van der Waals surface area (Å²) in [6.07, 6.45) is 0. The maximum Gasteiger partial charge on any atom is 0.326 e. The van der Waals surface area contributed by atoms with Crippen molar-refractivity contribution in [2.75, 3.05) is 13.4 Å². The fourth-order valence-corrected chi connectivity index (χ4v) is 3.68. The Morgan fingerprint density at radius 1 is 1.30 bits per heavy atom. The zero-order chi connectivity index (χ0) is 19.0. The summed E-state index contributed by atoms with van der Waals surface area (Å²) in [5.74, 6) is 0.701. The standard InChI is InChI=1S/C17H15N3O6S/c1-3-23-15(21)7-20-11-5-12-13(25-8-24-12)6-14(11)27-17(20)18-16(22)10-4-9(2)26-19-10/h4-6H,3,7-8H2,1-2H3. The van der Waals surface area contributed by atoms with Crippen molar-refractivity contribution in [2.24, 2.45) is 4.99 Å². The van der Waals surface area contributed by atoms with E-state index in [9.17, 15) is 9.59 Å². The van der Waals surface area contributed by atoms with Gasteiger partial charge in [-0.05, 0) is 13.8 Å². The minimum atomic E-state index is -0.559. The zero-order valence-corrected chi connectivity index (χ0v) is 15.4. The molecule has 0 fully saturated rings. The highest BCUT2D eigenvalue weighted by Crippen LogP contribution is 2.37. The van der Waals surface area contributed by atoms with Crippen LogP contribution in [0.2, 0.25) is 0 Å². The van der Waals surface area contributed by atoms with E-state index in [4.69, 9.17) is 18.7 Å². The van der Waals surface area contributed by atoms with Gasteiger partial charge in [0.25, 0.3) is 0 Å². The van der Waals surface area contributed by atoms with Crippen LogP contribution in [-0.2, 0) is 16.1 Å². The highest BCUT2D eigenvalue weighted by molar-refractivity contribution is 7.16. The number of carbonyl (C=O) groups is 2. The van der Waals surface area contributed by atoms with Crippen molar-refractivity contribution in [1.82, 2.24) is 9.72 Å². The van der Waals surface area contributed by atoms with Crippen LogP contribution in [0.15, 0.2) is 27.7 Å². The maximum atomic E-state index is 12.4. The Bertz CT molecular complexity index is 1110. The number of amides is 1. The van der Waals surface area contributed by atoms with Gasteiger partial charge in [0.1, 0.15) is 12.3 Å². The van der Waals surface area contributed by atoms with Crippen molar-refractivity contribution in [1.29, 1.82) is 0 Å². The quantitative estimate of drug-likeness (QED) is 0.629. The van der Waals surface area contributed by atoms with E-state index >= 15 is 0 Å². The predicted molar refractivity (Wildman–Crippen MR) is 93.7 cm³/mol. The van der Waals surface area contributed by atoms with Crippen molar-refractivity contribution >= 4 is 33.4 Å². The fourth-order valence-electron chi connectivity index (χ4n) is 2.64. The lowest BCUT2D eigenvalue weighted by atomic mass is 10.3. The van der Waals surface area contributed by atoms with Crippen LogP contribution in [0.4, 0.5) is 0 Å². The molecule has 0 saturated carbocycles. The number of carbonyl (C=O) groups excluding carboxylic acids is 2. The van der Waals surface area contributed by atoms with Crippen LogP contribution in [-0.4, -0.2) is 35.0 Å². The molecule has 10 heteroatoms. The summed E-state index contributed by atoms with van der Waals surface area (Å²) < 4.78 is 23.2. The molecule has 27 heavy (non-hydrogen) atoms. The van der Waals surface area contributed by atoms with E-state index < -0.39 is 11.9 Å². The third kappa shape index (κ3) is 3.31. The van der Waals surface area contributed by atoms with Crippen molar-refractivity contribution in [3.05, 3.63) is 34.5 Å². The molecule has 0 spiro atoms. The van der Waals surface area contributed by atoms with E-state index in [1.165, 1.54) is 17.4 Å². The first-order chi connectivity index (χ1) is 13.0.